The largest absolute Gasteiger partial charge is 0.208 e. The van der Waals surface area contributed by atoms with Gasteiger partial charge in [0.05, 0.1) is 11.6 Å². The fourth-order valence-corrected chi connectivity index (χ4v) is 6.80. The topological polar surface area (TPSA) is 62.5 Å². The van der Waals surface area contributed by atoms with Crippen molar-refractivity contribution in [3.05, 3.63) is 162 Å². The van der Waals surface area contributed by atoms with Gasteiger partial charge in [-0.15, -0.1) is 0 Å². The molecule has 1 aliphatic carbocycles. The molecule has 6 aromatic carbocycles. The van der Waals surface area contributed by atoms with Gasteiger partial charge < -0.3 is 0 Å². The molecule has 0 fully saturated rings. The zero-order valence-electron chi connectivity index (χ0n) is 26.1. The third-order valence-electron chi connectivity index (χ3n) is 9.20. The number of nitrogens with zero attached hydrogens (tertiary/aromatic N) is 4. The minimum absolute atomic E-state index is 0.199. The second-order valence-electron chi connectivity index (χ2n) is 12.4. The van der Waals surface area contributed by atoms with Gasteiger partial charge in [-0.1, -0.05) is 141 Å². The molecule has 4 nitrogen and oxygen atoms in total. The van der Waals surface area contributed by atoms with E-state index in [1.807, 2.05) is 60.7 Å². The first kappa shape index (κ1) is 28.3. The number of aromatic nitrogens is 3. The van der Waals surface area contributed by atoms with E-state index in [0.29, 0.717) is 23.0 Å². The average molecular weight is 603 g/mol. The summed E-state index contributed by atoms with van der Waals surface area (Å²) in [6.45, 7) is 4.47. The Labute approximate surface area is 274 Å². The standard InChI is InChI=1S/C43H30N4/c1-43(2)38-24-22-31(26-37(38)34-23-21-28(27-44)25-39(34)43)33-18-10-12-20-36(33)42-46-40(30-15-7-4-8-16-30)45-41(47-42)35-19-11-9-17-32(35)29-13-5-3-6-14-29/h3-26H,1-2H3. The van der Waals surface area contributed by atoms with E-state index in [1.165, 1.54) is 22.3 Å². The molecule has 0 aliphatic heterocycles. The van der Waals surface area contributed by atoms with E-state index in [0.717, 1.165) is 38.9 Å². The fourth-order valence-electron chi connectivity index (χ4n) is 6.80. The lowest BCUT2D eigenvalue weighted by Gasteiger charge is -2.21. The first-order valence-electron chi connectivity index (χ1n) is 15.8. The van der Waals surface area contributed by atoms with Gasteiger partial charge in [-0.25, -0.2) is 15.0 Å². The predicted octanol–water partition coefficient (Wildman–Crippen LogP) is 10.4. The summed E-state index contributed by atoms with van der Waals surface area (Å²) in [6.07, 6.45) is 0. The maximum absolute atomic E-state index is 9.58. The number of hydrogen-bond donors (Lipinski definition) is 0. The van der Waals surface area contributed by atoms with Crippen molar-refractivity contribution in [2.75, 3.05) is 0 Å². The van der Waals surface area contributed by atoms with E-state index in [1.54, 1.807) is 0 Å². The molecular formula is C43H30N4. The maximum atomic E-state index is 9.58. The smallest absolute Gasteiger partial charge is 0.164 e. The zero-order valence-corrected chi connectivity index (χ0v) is 26.1. The molecule has 222 valence electrons. The van der Waals surface area contributed by atoms with Crippen molar-refractivity contribution in [2.24, 2.45) is 0 Å². The van der Waals surface area contributed by atoms with Crippen molar-refractivity contribution >= 4 is 0 Å². The van der Waals surface area contributed by atoms with Gasteiger partial charge in [-0.05, 0) is 62.7 Å². The normalized spacial score (nSPS) is 12.6. The maximum Gasteiger partial charge on any atom is 0.164 e. The lowest BCUT2D eigenvalue weighted by Crippen LogP contribution is -2.15. The molecule has 0 bridgehead atoms. The molecule has 0 amide bonds. The second-order valence-corrected chi connectivity index (χ2v) is 12.4. The van der Waals surface area contributed by atoms with Crippen LogP contribution in [0.3, 0.4) is 0 Å². The van der Waals surface area contributed by atoms with Crippen LogP contribution in [0.1, 0.15) is 30.5 Å². The predicted molar refractivity (Wildman–Crippen MR) is 189 cm³/mol. The summed E-state index contributed by atoms with van der Waals surface area (Å²) < 4.78 is 0. The van der Waals surface area contributed by atoms with Gasteiger partial charge in [0.2, 0.25) is 0 Å². The Morgan fingerprint density at radius 1 is 0.426 bits per heavy atom. The molecule has 0 saturated carbocycles. The molecule has 8 rings (SSSR count). The molecule has 4 heteroatoms. The molecule has 0 N–H and O–H groups in total. The molecule has 7 aromatic rings. The van der Waals surface area contributed by atoms with Crippen molar-refractivity contribution in [3.63, 3.8) is 0 Å². The van der Waals surface area contributed by atoms with E-state index in [4.69, 9.17) is 15.0 Å². The van der Waals surface area contributed by atoms with Crippen LogP contribution in [0.25, 0.3) is 67.5 Å². The summed E-state index contributed by atoms with van der Waals surface area (Å²) in [5.74, 6) is 1.87. The van der Waals surface area contributed by atoms with Crippen LogP contribution in [-0.4, -0.2) is 15.0 Å². The minimum Gasteiger partial charge on any atom is -0.208 e. The molecule has 47 heavy (non-hydrogen) atoms. The molecule has 0 saturated heterocycles. The van der Waals surface area contributed by atoms with E-state index in [-0.39, 0.29) is 5.41 Å². The van der Waals surface area contributed by atoms with Crippen LogP contribution in [-0.2, 0) is 5.41 Å². The summed E-state index contributed by atoms with van der Waals surface area (Å²) in [4.78, 5) is 15.3. The highest BCUT2D eigenvalue weighted by Gasteiger charge is 2.35. The Bertz CT molecular complexity index is 2330. The Kier molecular flexibility index (Phi) is 6.82. The van der Waals surface area contributed by atoms with Gasteiger partial charge >= 0.3 is 0 Å². The number of benzene rings is 6. The van der Waals surface area contributed by atoms with Gasteiger partial charge in [0.1, 0.15) is 0 Å². The van der Waals surface area contributed by atoms with Gasteiger partial charge in [0, 0.05) is 22.1 Å². The van der Waals surface area contributed by atoms with Crippen LogP contribution in [0, 0.1) is 11.3 Å². The second kappa shape index (κ2) is 11.3. The van der Waals surface area contributed by atoms with E-state index in [2.05, 4.69) is 105 Å². The molecule has 0 unspecified atom stereocenters. The highest BCUT2D eigenvalue weighted by Crippen LogP contribution is 2.50. The molecular weight excluding hydrogens is 573 g/mol. The number of fused-ring (bicyclic) bond motifs is 3. The third-order valence-corrected chi connectivity index (χ3v) is 9.20. The molecule has 0 radical (unpaired) electrons. The lowest BCUT2D eigenvalue weighted by molar-refractivity contribution is 0.660. The molecule has 1 heterocycles. The van der Waals surface area contributed by atoms with E-state index >= 15 is 0 Å². The highest BCUT2D eigenvalue weighted by molar-refractivity contribution is 5.89. The van der Waals surface area contributed by atoms with Gasteiger partial charge in [0.25, 0.3) is 0 Å². The Morgan fingerprint density at radius 2 is 0.957 bits per heavy atom. The van der Waals surface area contributed by atoms with Crippen LogP contribution in [0.5, 0.6) is 0 Å². The number of rotatable bonds is 5. The third kappa shape index (κ3) is 4.90. The highest BCUT2D eigenvalue weighted by atomic mass is 15.0. The Balaban J connectivity index is 1.32. The first-order valence-corrected chi connectivity index (χ1v) is 15.8. The number of nitriles is 1. The Morgan fingerprint density at radius 3 is 1.57 bits per heavy atom. The summed E-state index contributed by atoms with van der Waals surface area (Å²) in [6, 6.07) is 52.1. The van der Waals surface area contributed by atoms with Crippen LogP contribution in [0.2, 0.25) is 0 Å². The SMILES string of the molecule is CC1(C)c2ccc(-c3ccccc3-c3nc(-c4ccccc4)nc(-c4ccccc4-c4ccccc4)n3)cc2-c2ccc(C#N)cc21. The summed E-state index contributed by atoms with van der Waals surface area (Å²) in [5.41, 5.74) is 12.4. The molecule has 0 spiro atoms. The van der Waals surface area contributed by atoms with Crippen molar-refractivity contribution in [1.29, 1.82) is 5.26 Å². The van der Waals surface area contributed by atoms with Crippen molar-refractivity contribution < 1.29 is 0 Å². The zero-order chi connectivity index (χ0) is 32.0. The van der Waals surface area contributed by atoms with Gasteiger partial charge in [0.15, 0.2) is 17.5 Å². The van der Waals surface area contributed by atoms with E-state index < -0.39 is 0 Å². The van der Waals surface area contributed by atoms with Crippen molar-refractivity contribution in [2.45, 2.75) is 19.3 Å². The van der Waals surface area contributed by atoms with Crippen LogP contribution in [0.4, 0.5) is 0 Å². The number of hydrogen-bond acceptors (Lipinski definition) is 4. The van der Waals surface area contributed by atoms with Crippen LogP contribution >= 0.6 is 0 Å². The lowest BCUT2D eigenvalue weighted by atomic mass is 9.81. The summed E-state index contributed by atoms with van der Waals surface area (Å²) in [7, 11) is 0. The monoisotopic (exact) mass is 602 g/mol. The molecule has 0 atom stereocenters. The fraction of sp³-hybridized carbons (Fsp3) is 0.0698. The summed E-state index contributed by atoms with van der Waals surface area (Å²) in [5, 5.41) is 9.58. The van der Waals surface area contributed by atoms with Gasteiger partial charge in [-0.2, -0.15) is 5.26 Å². The Hall–Kier alpha value is -6.18. The van der Waals surface area contributed by atoms with Crippen LogP contribution < -0.4 is 0 Å². The molecule has 1 aromatic heterocycles. The summed E-state index contributed by atoms with van der Waals surface area (Å²) >= 11 is 0. The van der Waals surface area contributed by atoms with E-state index in [9.17, 15) is 5.26 Å². The van der Waals surface area contributed by atoms with Gasteiger partial charge in [-0.3, -0.25) is 0 Å². The first-order chi connectivity index (χ1) is 23.0. The van der Waals surface area contributed by atoms with Crippen LogP contribution in [0.15, 0.2) is 146 Å². The van der Waals surface area contributed by atoms with Crippen molar-refractivity contribution in [3.8, 4) is 73.6 Å². The average Bonchev–Trinajstić information content (AvgIpc) is 3.37. The van der Waals surface area contributed by atoms with Crippen molar-refractivity contribution in [1.82, 2.24) is 15.0 Å². The molecule has 1 aliphatic rings. The quantitative estimate of drug-likeness (QED) is 0.197. The minimum atomic E-state index is -0.199.